The van der Waals surface area contributed by atoms with E-state index >= 15 is 0 Å². The van der Waals surface area contributed by atoms with Gasteiger partial charge in [0, 0.05) is 22.9 Å². The molecule has 0 radical (unpaired) electrons. The molecule has 0 aromatic heterocycles. The predicted molar refractivity (Wildman–Crippen MR) is 84.2 cm³/mol. The number of unbranched alkanes of at least 4 members (excludes halogenated alkanes) is 1. The number of carbonyl (C=O) groups excluding carboxylic acids is 2. The van der Waals surface area contributed by atoms with Crippen LogP contribution in [0.4, 0.5) is 5.69 Å². The summed E-state index contributed by atoms with van der Waals surface area (Å²) in [5.74, 6) is -1.06. The number of hydrogen-bond acceptors (Lipinski definition) is 4. The number of nitrogens with one attached hydrogen (secondary N) is 1. The molecule has 5 nitrogen and oxygen atoms in total. The van der Waals surface area contributed by atoms with Gasteiger partial charge in [0.25, 0.3) is 5.91 Å². The summed E-state index contributed by atoms with van der Waals surface area (Å²) < 4.78 is 4.93. The van der Waals surface area contributed by atoms with Crippen molar-refractivity contribution < 1.29 is 19.4 Å². The van der Waals surface area contributed by atoms with Crippen LogP contribution in [-0.4, -0.2) is 29.2 Å². The Morgan fingerprint density at radius 2 is 2.09 bits per heavy atom. The van der Waals surface area contributed by atoms with Crippen molar-refractivity contribution in [3.05, 3.63) is 35.9 Å². The van der Waals surface area contributed by atoms with Gasteiger partial charge in [0.1, 0.15) is 0 Å². The van der Waals surface area contributed by atoms with Gasteiger partial charge in [-0.3, -0.25) is 4.79 Å². The summed E-state index contributed by atoms with van der Waals surface area (Å²) in [7, 11) is 0. The van der Waals surface area contributed by atoms with E-state index in [0.29, 0.717) is 23.2 Å². The molecule has 1 aromatic rings. The van der Waals surface area contributed by atoms with Crippen LogP contribution in [0.25, 0.3) is 5.57 Å². The van der Waals surface area contributed by atoms with Crippen LogP contribution < -0.4 is 5.32 Å². The highest BCUT2D eigenvalue weighted by atomic mass is 16.5. The van der Waals surface area contributed by atoms with Gasteiger partial charge in [-0.2, -0.15) is 0 Å². The second kappa shape index (κ2) is 6.75. The highest BCUT2D eigenvalue weighted by Crippen LogP contribution is 2.40. The van der Waals surface area contributed by atoms with Crippen LogP contribution in [0, 0.1) is 0 Å². The van der Waals surface area contributed by atoms with Crippen LogP contribution in [0.2, 0.25) is 0 Å². The summed E-state index contributed by atoms with van der Waals surface area (Å²) in [6.45, 7) is 3.93. The maximum atomic E-state index is 12.4. The molecule has 0 saturated heterocycles. The zero-order chi connectivity index (χ0) is 16.2. The van der Waals surface area contributed by atoms with Gasteiger partial charge in [0.15, 0.2) is 5.60 Å². The molecular weight excluding hydrogens is 282 g/mol. The van der Waals surface area contributed by atoms with Gasteiger partial charge >= 0.3 is 5.97 Å². The van der Waals surface area contributed by atoms with Gasteiger partial charge in [0.05, 0.1) is 6.61 Å². The monoisotopic (exact) mass is 303 g/mol. The zero-order valence-electron chi connectivity index (χ0n) is 12.9. The first-order chi connectivity index (χ1) is 10.5. The molecule has 118 valence electrons. The summed E-state index contributed by atoms with van der Waals surface area (Å²) in [6, 6.07) is 7.11. The Morgan fingerprint density at radius 3 is 2.77 bits per heavy atom. The Morgan fingerprint density at radius 1 is 1.36 bits per heavy atom. The second-order valence-electron chi connectivity index (χ2n) is 5.27. The number of benzene rings is 1. The Kier molecular flexibility index (Phi) is 4.98. The molecule has 1 amide bonds. The SMILES string of the molecule is CCCCC1(O)C(=O)Nc2ccccc2/C1=C\C(=O)OCC. The van der Waals surface area contributed by atoms with Gasteiger partial charge in [-0.05, 0) is 25.8 Å². The minimum absolute atomic E-state index is 0.240. The lowest BCUT2D eigenvalue weighted by molar-refractivity contribution is -0.137. The zero-order valence-corrected chi connectivity index (χ0v) is 12.9. The largest absolute Gasteiger partial charge is 0.463 e. The van der Waals surface area contributed by atoms with Crippen LogP contribution >= 0.6 is 0 Å². The first-order valence-corrected chi connectivity index (χ1v) is 7.55. The number of esters is 1. The van der Waals surface area contributed by atoms with Crippen molar-refractivity contribution >= 4 is 23.1 Å². The number of aliphatic hydroxyl groups is 1. The summed E-state index contributed by atoms with van der Waals surface area (Å²) in [4.78, 5) is 24.2. The van der Waals surface area contributed by atoms with E-state index in [-0.39, 0.29) is 13.0 Å². The molecule has 0 spiro atoms. The van der Waals surface area contributed by atoms with Crippen molar-refractivity contribution in [2.75, 3.05) is 11.9 Å². The van der Waals surface area contributed by atoms with E-state index in [9.17, 15) is 14.7 Å². The number of ether oxygens (including phenoxy) is 1. The van der Waals surface area contributed by atoms with Crippen LogP contribution in [0.1, 0.15) is 38.7 Å². The average Bonchev–Trinajstić information content (AvgIpc) is 2.50. The second-order valence-corrected chi connectivity index (χ2v) is 5.27. The van der Waals surface area contributed by atoms with E-state index in [4.69, 9.17) is 4.74 Å². The lowest BCUT2D eigenvalue weighted by Crippen LogP contribution is -2.47. The fourth-order valence-electron chi connectivity index (χ4n) is 2.58. The Labute approximate surface area is 130 Å². The maximum Gasteiger partial charge on any atom is 0.331 e. The number of hydrogen-bond donors (Lipinski definition) is 2. The van der Waals surface area contributed by atoms with Crippen LogP contribution in [0.15, 0.2) is 30.3 Å². The molecule has 1 aliphatic heterocycles. The number of amides is 1. The molecule has 2 rings (SSSR count). The molecule has 5 heteroatoms. The van der Waals surface area contributed by atoms with E-state index in [1.807, 2.05) is 6.92 Å². The molecule has 22 heavy (non-hydrogen) atoms. The standard InChI is InChI=1S/C17H21NO4/c1-3-5-10-17(21)13(11-15(19)22-4-2)12-8-6-7-9-14(12)18-16(17)20/h6-9,11,21H,3-5,10H2,1-2H3,(H,18,20)/b13-11+. The van der Waals surface area contributed by atoms with Crippen molar-refractivity contribution in [1.29, 1.82) is 0 Å². The van der Waals surface area contributed by atoms with Gasteiger partial charge in [-0.25, -0.2) is 4.79 Å². The van der Waals surface area contributed by atoms with Crippen molar-refractivity contribution in [2.45, 2.75) is 38.7 Å². The molecule has 2 N–H and O–H groups in total. The van der Waals surface area contributed by atoms with E-state index < -0.39 is 17.5 Å². The number of fused-ring (bicyclic) bond motifs is 1. The van der Waals surface area contributed by atoms with Gasteiger partial charge < -0.3 is 15.2 Å². The van der Waals surface area contributed by atoms with Crippen molar-refractivity contribution in [3.63, 3.8) is 0 Å². The summed E-state index contributed by atoms with van der Waals surface area (Å²) in [5, 5.41) is 13.6. The summed E-state index contributed by atoms with van der Waals surface area (Å²) in [5.41, 5.74) is -0.173. The van der Waals surface area contributed by atoms with E-state index in [1.54, 1.807) is 31.2 Å². The molecular formula is C17H21NO4. The lowest BCUT2D eigenvalue weighted by Gasteiger charge is -2.35. The molecule has 0 aliphatic carbocycles. The average molecular weight is 303 g/mol. The van der Waals surface area contributed by atoms with Crippen LogP contribution in [0.5, 0.6) is 0 Å². The van der Waals surface area contributed by atoms with Gasteiger partial charge in [0.2, 0.25) is 0 Å². The van der Waals surface area contributed by atoms with Crippen molar-refractivity contribution in [1.82, 2.24) is 0 Å². The molecule has 1 unspecified atom stereocenters. The fourth-order valence-corrected chi connectivity index (χ4v) is 2.58. The van der Waals surface area contributed by atoms with E-state index in [2.05, 4.69) is 5.32 Å². The molecule has 1 aliphatic rings. The van der Waals surface area contributed by atoms with Gasteiger partial charge in [-0.15, -0.1) is 0 Å². The number of rotatable bonds is 5. The molecule has 0 saturated carbocycles. The number of carbonyl (C=O) groups is 2. The number of para-hydroxylation sites is 1. The summed E-state index contributed by atoms with van der Waals surface area (Å²) >= 11 is 0. The summed E-state index contributed by atoms with van der Waals surface area (Å²) in [6.07, 6.45) is 3.00. The smallest absolute Gasteiger partial charge is 0.331 e. The minimum atomic E-state index is -1.71. The Hall–Kier alpha value is -2.14. The Balaban J connectivity index is 2.52. The third-order valence-corrected chi connectivity index (χ3v) is 3.73. The Bertz CT molecular complexity index is 608. The van der Waals surface area contributed by atoms with Gasteiger partial charge in [-0.1, -0.05) is 31.5 Å². The molecule has 0 bridgehead atoms. The molecule has 1 atom stereocenters. The maximum absolute atomic E-state index is 12.4. The quantitative estimate of drug-likeness (QED) is 0.647. The highest BCUT2D eigenvalue weighted by Gasteiger charge is 2.44. The third-order valence-electron chi connectivity index (χ3n) is 3.73. The van der Waals surface area contributed by atoms with Crippen LogP contribution in [0.3, 0.4) is 0 Å². The first-order valence-electron chi connectivity index (χ1n) is 7.55. The highest BCUT2D eigenvalue weighted by molar-refractivity contribution is 6.15. The van der Waals surface area contributed by atoms with Crippen molar-refractivity contribution in [3.8, 4) is 0 Å². The topological polar surface area (TPSA) is 75.6 Å². The number of anilines is 1. The van der Waals surface area contributed by atoms with E-state index in [0.717, 1.165) is 6.42 Å². The normalized spacial score (nSPS) is 22.1. The van der Waals surface area contributed by atoms with Crippen LogP contribution in [-0.2, 0) is 14.3 Å². The lowest BCUT2D eigenvalue weighted by atomic mass is 9.79. The fraction of sp³-hybridized carbons (Fsp3) is 0.412. The minimum Gasteiger partial charge on any atom is -0.463 e. The predicted octanol–water partition coefficient (Wildman–Crippen LogP) is 2.51. The van der Waals surface area contributed by atoms with E-state index in [1.165, 1.54) is 6.08 Å². The third kappa shape index (κ3) is 3.04. The molecule has 1 aromatic carbocycles. The molecule has 1 heterocycles. The first kappa shape index (κ1) is 16.2. The van der Waals surface area contributed by atoms with Crippen molar-refractivity contribution in [2.24, 2.45) is 0 Å². The molecule has 0 fully saturated rings.